The van der Waals surface area contributed by atoms with E-state index in [0.717, 1.165) is 0 Å². The zero-order valence-corrected chi connectivity index (χ0v) is 18.8. The number of halogens is 2. The second-order valence-corrected chi connectivity index (χ2v) is 10.4. The van der Waals surface area contributed by atoms with Gasteiger partial charge in [-0.05, 0) is 0 Å². The van der Waals surface area contributed by atoms with E-state index in [1.54, 1.807) is 11.3 Å². The van der Waals surface area contributed by atoms with Gasteiger partial charge in [-0.2, -0.15) is 0 Å². The minimum atomic E-state index is -0.115. The Balaban J connectivity index is 0. The molecule has 0 heterocycles. The van der Waals surface area contributed by atoms with Crippen LogP contribution in [-0.2, 0) is 20.7 Å². The summed E-state index contributed by atoms with van der Waals surface area (Å²) >= 11 is 2.27. The molecule has 1 aliphatic carbocycles. The van der Waals surface area contributed by atoms with Crippen LogP contribution in [0.25, 0.3) is 0 Å². The predicted molar refractivity (Wildman–Crippen MR) is 94.6 cm³/mol. The van der Waals surface area contributed by atoms with Gasteiger partial charge in [0.25, 0.3) is 0 Å². The van der Waals surface area contributed by atoms with Crippen molar-refractivity contribution in [3.8, 4) is 0 Å². The molecule has 0 spiro atoms. The van der Waals surface area contributed by atoms with E-state index in [9.17, 15) is 0 Å². The average Bonchev–Trinajstić information content (AvgIpc) is 2.40. The van der Waals surface area contributed by atoms with Gasteiger partial charge in [0.15, 0.2) is 0 Å². The number of hydrogen-bond donors (Lipinski definition) is 0. The molecule has 0 aromatic heterocycles. The Morgan fingerprint density at radius 1 is 1.10 bits per heavy atom. The molecule has 0 aromatic rings. The summed E-state index contributed by atoms with van der Waals surface area (Å²) in [6.45, 7) is 18.7. The fraction of sp³-hybridized carbons (Fsp3) is 0.733. The topological polar surface area (TPSA) is 3.24 Å². The Hall–Kier alpha value is 0.791. The minimum absolute atomic E-state index is 0. The molecule has 0 N–H and O–H groups in total. The van der Waals surface area contributed by atoms with Gasteiger partial charge in [-0.1, -0.05) is 0 Å². The maximum absolute atomic E-state index is 2.52. The summed E-state index contributed by atoms with van der Waals surface area (Å²) in [5.74, 6) is 0. The van der Waals surface area contributed by atoms with Crippen LogP contribution in [0.3, 0.4) is 0 Å². The van der Waals surface area contributed by atoms with E-state index < -0.39 is 0 Å². The Kier molecular flexibility index (Phi) is 9.08. The minimum Gasteiger partial charge on any atom is -0.147 e. The van der Waals surface area contributed by atoms with Crippen LogP contribution in [0.2, 0.25) is 11.1 Å². The summed E-state index contributed by atoms with van der Waals surface area (Å²) < 4.78 is 2.52. The average molecular weight is 371 g/mol. The molecule has 1 rings (SSSR count). The first kappa shape index (κ1) is 23.1. The molecule has 117 valence electrons. The van der Waals surface area contributed by atoms with Crippen molar-refractivity contribution in [1.82, 2.24) is 3.38 Å². The molecule has 5 heteroatoms. The molecule has 0 saturated heterocycles. The second kappa shape index (κ2) is 7.87. The van der Waals surface area contributed by atoms with Crippen molar-refractivity contribution in [2.24, 2.45) is 0 Å². The van der Waals surface area contributed by atoms with Crippen LogP contribution in [0.15, 0.2) is 22.4 Å². The van der Waals surface area contributed by atoms with Gasteiger partial charge in [0, 0.05) is 0 Å². The summed E-state index contributed by atoms with van der Waals surface area (Å²) in [6, 6.07) is 1.37. The molecule has 0 fully saturated rings. The fourth-order valence-corrected chi connectivity index (χ4v) is 6.21. The van der Waals surface area contributed by atoms with Crippen molar-refractivity contribution in [1.29, 1.82) is 0 Å². The van der Waals surface area contributed by atoms with Gasteiger partial charge < -0.3 is 0 Å². The molecule has 0 radical (unpaired) electrons. The number of allylic oxidation sites excluding steroid dienone is 3. The van der Waals surface area contributed by atoms with Crippen molar-refractivity contribution in [3.05, 3.63) is 22.4 Å². The Labute approximate surface area is 152 Å². The van der Waals surface area contributed by atoms with Crippen LogP contribution in [0.4, 0.5) is 0 Å². The van der Waals surface area contributed by atoms with Crippen molar-refractivity contribution in [2.45, 2.75) is 72.0 Å². The zero-order chi connectivity index (χ0) is 14.3. The van der Waals surface area contributed by atoms with Gasteiger partial charge >= 0.3 is 128 Å². The Bertz CT molecular complexity index is 413. The van der Waals surface area contributed by atoms with E-state index in [1.165, 1.54) is 17.2 Å². The van der Waals surface area contributed by atoms with Crippen LogP contribution in [0, 0.1) is 0 Å². The van der Waals surface area contributed by atoms with Crippen LogP contribution < -0.4 is 0 Å². The normalized spacial score (nSPS) is 23.1. The number of rotatable bonds is 3. The summed E-state index contributed by atoms with van der Waals surface area (Å²) in [7, 11) is -0.115. The maximum Gasteiger partial charge on any atom is -0.147 e. The first-order valence-corrected chi connectivity index (χ1v) is 9.39. The molecule has 1 nitrogen and oxygen atoms in total. The molecule has 0 amide bonds. The first-order chi connectivity index (χ1) is 8.07. The monoisotopic (exact) mass is 370 g/mol. The summed E-state index contributed by atoms with van der Waals surface area (Å²) in [5, 5.41) is 0.366. The summed E-state index contributed by atoms with van der Waals surface area (Å²) in [6.07, 6.45) is 0. The number of nitrogens with zero attached hydrogens (tertiary/aromatic N) is 1. The summed E-state index contributed by atoms with van der Waals surface area (Å²) in [4.78, 5) is 0. The number of hydrogen-bond acceptors (Lipinski definition) is 1. The molecular weight excluding hydrogens is 341 g/mol. The van der Waals surface area contributed by atoms with Crippen molar-refractivity contribution in [3.63, 3.8) is 0 Å². The molecule has 1 atom stereocenters. The molecular formula is C15H30Cl2NSiTi. The van der Waals surface area contributed by atoms with E-state index in [4.69, 9.17) is 0 Å². The molecule has 0 bridgehead atoms. The van der Waals surface area contributed by atoms with Crippen LogP contribution in [0.5, 0.6) is 0 Å². The van der Waals surface area contributed by atoms with Crippen LogP contribution in [-0.4, -0.2) is 18.4 Å². The molecule has 0 aliphatic heterocycles. The van der Waals surface area contributed by atoms with Crippen molar-refractivity contribution in [2.75, 3.05) is 0 Å². The van der Waals surface area contributed by atoms with Gasteiger partial charge in [-0.3, -0.25) is 0 Å². The van der Waals surface area contributed by atoms with E-state index in [0.29, 0.717) is 5.04 Å². The van der Waals surface area contributed by atoms with E-state index in [1.807, 2.05) is 0 Å². The third kappa shape index (κ3) is 3.95. The largest absolute Gasteiger partial charge is 0.147 e. The van der Waals surface area contributed by atoms with E-state index in [2.05, 4.69) is 79.5 Å². The van der Waals surface area contributed by atoms with Crippen molar-refractivity contribution < 1.29 is 20.7 Å². The van der Waals surface area contributed by atoms with Gasteiger partial charge in [0.05, 0.1) is 0 Å². The Morgan fingerprint density at radius 3 is 1.90 bits per heavy atom. The van der Waals surface area contributed by atoms with Gasteiger partial charge in [-0.15, -0.1) is 24.8 Å². The maximum atomic E-state index is 2.52. The first-order valence-electron chi connectivity index (χ1n) is 6.98. The second-order valence-electron chi connectivity index (χ2n) is 6.81. The molecule has 0 saturated carbocycles. The standard InChI is InChI=1S/C15H28NSi.2ClH.Ti/c1-9-17-15(8)12(4)10(2)11(3)13(15)16-14(5,6)7;;;/h9,17H2,1-8H3;2*1H;/q-1;;;+1. The predicted octanol–water partition coefficient (Wildman–Crippen LogP) is 4.80. The summed E-state index contributed by atoms with van der Waals surface area (Å²) in [5.41, 5.74) is 6.47. The molecule has 20 heavy (non-hydrogen) atoms. The quantitative estimate of drug-likeness (QED) is 0.644. The fourth-order valence-electron chi connectivity index (χ4n) is 3.02. The third-order valence-electron chi connectivity index (χ3n) is 4.47. The smallest absolute Gasteiger partial charge is 0.147 e. The third-order valence-corrected chi connectivity index (χ3v) is 8.24. The van der Waals surface area contributed by atoms with Crippen LogP contribution >= 0.6 is 24.8 Å². The Morgan fingerprint density at radius 2 is 1.55 bits per heavy atom. The van der Waals surface area contributed by atoms with Gasteiger partial charge in [0.1, 0.15) is 0 Å². The van der Waals surface area contributed by atoms with E-state index >= 15 is 0 Å². The SMILES string of the molecule is CC[SiH2]C1(C)C(C)=C(C)C(C)=C1[N]([Ti])C(C)(C)C.Cl.Cl. The van der Waals surface area contributed by atoms with Crippen LogP contribution in [0.1, 0.15) is 55.4 Å². The van der Waals surface area contributed by atoms with E-state index in [-0.39, 0.29) is 39.9 Å². The van der Waals surface area contributed by atoms with Crippen molar-refractivity contribution >= 4 is 34.3 Å². The molecule has 0 aromatic carbocycles. The van der Waals surface area contributed by atoms with Gasteiger partial charge in [-0.25, -0.2) is 0 Å². The zero-order valence-electron chi connectivity index (χ0n) is 14.2. The molecule has 1 aliphatic rings. The van der Waals surface area contributed by atoms with Gasteiger partial charge in [0.2, 0.25) is 0 Å². The molecule has 1 unspecified atom stereocenters.